The van der Waals surface area contributed by atoms with E-state index in [-0.39, 0.29) is 16.8 Å². The molecule has 0 saturated carbocycles. The van der Waals surface area contributed by atoms with E-state index >= 15 is 0 Å². The molecule has 1 fully saturated rings. The van der Waals surface area contributed by atoms with Gasteiger partial charge in [-0.2, -0.15) is 0 Å². The number of aromatic carboxylic acids is 1. The van der Waals surface area contributed by atoms with Gasteiger partial charge in [-0.15, -0.1) is 11.3 Å². The zero-order valence-electron chi connectivity index (χ0n) is 13.6. The average molecular weight is 378 g/mol. The van der Waals surface area contributed by atoms with Crippen molar-refractivity contribution >= 4 is 34.2 Å². The summed E-state index contributed by atoms with van der Waals surface area (Å²) < 4.78 is 15.1. The first-order chi connectivity index (χ1) is 12.0. The van der Waals surface area contributed by atoms with Gasteiger partial charge in [0.15, 0.2) is 0 Å². The van der Waals surface area contributed by atoms with Crippen LogP contribution in [0.15, 0.2) is 46.7 Å². The molecule has 132 valence electrons. The number of amides is 1. The number of carbonyl (C=O) groups is 2. The Bertz CT molecular complexity index is 806. The molecule has 0 radical (unpaired) electrons. The summed E-state index contributed by atoms with van der Waals surface area (Å²) in [5, 5.41) is 9.00. The van der Waals surface area contributed by atoms with Gasteiger partial charge < -0.3 is 10.0 Å². The van der Waals surface area contributed by atoms with Crippen molar-refractivity contribution in [3.8, 4) is 0 Å². The number of benzene rings is 1. The maximum absolute atomic E-state index is 12.7. The summed E-state index contributed by atoms with van der Waals surface area (Å²) in [6.45, 7) is 3.37. The van der Waals surface area contributed by atoms with Crippen molar-refractivity contribution in [1.82, 2.24) is 9.21 Å². The predicted molar refractivity (Wildman–Crippen MR) is 96.2 cm³/mol. The second-order valence-corrected chi connectivity index (χ2v) is 8.53. The van der Waals surface area contributed by atoms with Crippen molar-refractivity contribution in [2.24, 2.45) is 0 Å². The van der Waals surface area contributed by atoms with Crippen LogP contribution in [0.25, 0.3) is 0 Å². The van der Waals surface area contributed by atoms with Crippen molar-refractivity contribution in [3.05, 3.63) is 52.9 Å². The third-order valence-electron chi connectivity index (χ3n) is 4.05. The Morgan fingerprint density at radius 1 is 1.16 bits per heavy atom. The maximum atomic E-state index is 12.7. The SMILES string of the molecule is CC1CN(C(=O)c2ccccc2)CCN1S(=O)c1ccc(C(=O)O)s1. The molecule has 1 saturated heterocycles. The molecule has 25 heavy (non-hydrogen) atoms. The van der Waals surface area contributed by atoms with Crippen LogP contribution in [0.2, 0.25) is 0 Å². The van der Waals surface area contributed by atoms with Gasteiger partial charge in [-0.25, -0.2) is 13.3 Å². The second kappa shape index (κ2) is 7.47. The van der Waals surface area contributed by atoms with E-state index in [4.69, 9.17) is 5.11 Å². The maximum Gasteiger partial charge on any atom is 0.345 e. The van der Waals surface area contributed by atoms with Crippen LogP contribution in [0, 0.1) is 0 Å². The summed E-state index contributed by atoms with van der Waals surface area (Å²) in [6.07, 6.45) is 0. The van der Waals surface area contributed by atoms with Crippen molar-refractivity contribution in [2.75, 3.05) is 19.6 Å². The largest absolute Gasteiger partial charge is 0.477 e. The van der Waals surface area contributed by atoms with Crippen LogP contribution in [0.4, 0.5) is 0 Å². The fourth-order valence-corrected chi connectivity index (χ4v) is 5.25. The third kappa shape index (κ3) is 3.81. The monoisotopic (exact) mass is 378 g/mol. The Morgan fingerprint density at radius 2 is 1.88 bits per heavy atom. The van der Waals surface area contributed by atoms with E-state index in [1.54, 1.807) is 23.1 Å². The lowest BCUT2D eigenvalue weighted by Crippen LogP contribution is -2.53. The molecule has 1 aromatic carbocycles. The normalized spacial score (nSPS) is 19.6. The van der Waals surface area contributed by atoms with Gasteiger partial charge >= 0.3 is 5.97 Å². The lowest BCUT2D eigenvalue weighted by Gasteiger charge is -2.38. The van der Waals surface area contributed by atoms with Crippen LogP contribution in [0.3, 0.4) is 0 Å². The molecule has 0 spiro atoms. The van der Waals surface area contributed by atoms with Crippen LogP contribution in [-0.4, -0.2) is 56.1 Å². The van der Waals surface area contributed by atoms with Gasteiger partial charge in [-0.3, -0.25) is 4.79 Å². The number of carboxylic acids is 1. The number of piperazine rings is 1. The molecule has 1 aliphatic heterocycles. The van der Waals surface area contributed by atoms with E-state index in [1.807, 2.05) is 29.4 Å². The van der Waals surface area contributed by atoms with Crippen LogP contribution in [-0.2, 0) is 11.0 Å². The minimum Gasteiger partial charge on any atom is -0.477 e. The van der Waals surface area contributed by atoms with E-state index in [1.165, 1.54) is 6.07 Å². The Hall–Kier alpha value is -2.03. The Kier molecular flexibility index (Phi) is 5.31. The van der Waals surface area contributed by atoms with Gasteiger partial charge in [-0.1, -0.05) is 18.2 Å². The Balaban J connectivity index is 1.68. The minimum absolute atomic E-state index is 0.0258. The van der Waals surface area contributed by atoms with Gasteiger partial charge in [0.05, 0.1) is 0 Å². The zero-order chi connectivity index (χ0) is 18.0. The van der Waals surface area contributed by atoms with Gasteiger partial charge in [0, 0.05) is 31.2 Å². The fraction of sp³-hybridized carbons (Fsp3) is 0.294. The topological polar surface area (TPSA) is 77.9 Å². The number of carboxylic acid groups (broad SMARTS) is 1. The number of rotatable bonds is 4. The van der Waals surface area contributed by atoms with Crippen molar-refractivity contribution in [3.63, 3.8) is 0 Å². The Labute approximate surface area is 152 Å². The molecular formula is C17H18N2O4S2. The van der Waals surface area contributed by atoms with Gasteiger partial charge in [0.2, 0.25) is 0 Å². The average Bonchev–Trinajstić information content (AvgIpc) is 3.11. The number of hydrogen-bond acceptors (Lipinski definition) is 4. The third-order valence-corrected chi connectivity index (χ3v) is 7.05. The highest BCUT2D eigenvalue weighted by Gasteiger charge is 2.31. The van der Waals surface area contributed by atoms with Crippen molar-refractivity contribution < 1.29 is 18.9 Å². The molecule has 1 N–H and O–H groups in total. The molecule has 2 atom stereocenters. The van der Waals surface area contributed by atoms with E-state index in [2.05, 4.69) is 0 Å². The van der Waals surface area contributed by atoms with Gasteiger partial charge in [-0.05, 0) is 31.2 Å². The van der Waals surface area contributed by atoms with Gasteiger partial charge in [0.25, 0.3) is 5.91 Å². The standard InChI is InChI=1S/C17H18N2O4S2/c1-12-11-18(16(20)13-5-3-2-4-6-13)9-10-19(12)25(23)15-8-7-14(24-15)17(21)22/h2-8,12H,9-11H2,1H3,(H,21,22). The zero-order valence-corrected chi connectivity index (χ0v) is 15.3. The highest BCUT2D eigenvalue weighted by Crippen LogP contribution is 2.25. The second-order valence-electron chi connectivity index (χ2n) is 5.78. The number of carbonyl (C=O) groups excluding carboxylic acids is 1. The predicted octanol–water partition coefficient (Wildman–Crippen LogP) is 2.32. The molecule has 2 unspecified atom stereocenters. The van der Waals surface area contributed by atoms with Gasteiger partial charge in [0.1, 0.15) is 20.1 Å². The van der Waals surface area contributed by atoms with Crippen molar-refractivity contribution in [2.45, 2.75) is 17.2 Å². The highest BCUT2D eigenvalue weighted by molar-refractivity contribution is 7.85. The van der Waals surface area contributed by atoms with Crippen molar-refractivity contribution in [1.29, 1.82) is 0 Å². The smallest absolute Gasteiger partial charge is 0.345 e. The summed E-state index contributed by atoms with van der Waals surface area (Å²) in [6, 6.07) is 12.1. The number of thiophene rings is 1. The first kappa shape index (κ1) is 17.8. The molecular weight excluding hydrogens is 360 g/mol. The molecule has 8 heteroatoms. The molecule has 2 aromatic rings. The minimum atomic E-state index is -1.42. The lowest BCUT2D eigenvalue weighted by atomic mass is 10.1. The molecule has 1 aromatic heterocycles. The first-order valence-electron chi connectivity index (χ1n) is 7.83. The summed E-state index contributed by atoms with van der Waals surface area (Å²) >= 11 is 1.03. The fourth-order valence-electron chi connectivity index (χ4n) is 2.78. The van der Waals surface area contributed by atoms with Crippen LogP contribution >= 0.6 is 11.3 Å². The quantitative estimate of drug-likeness (QED) is 0.886. The van der Waals surface area contributed by atoms with E-state index in [0.717, 1.165) is 11.3 Å². The van der Waals surface area contributed by atoms with Crippen LogP contribution < -0.4 is 0 Å². The summed E-state index contributed by atoms with van der Waals surface area (Å²) in [4.78, 5) is 25.5. The molecule has 3 rings (SSSR count). The lowest BCUT2D eigenvalue weighted by molar-refractivity contribution is 0.0646. The summed E-state index contributed by atoms with van der Waals surface area (Å²) in [5.41, 5.74) is 0.647. The van der Waals surface area contributed by atoms with E-state index in [0.29, 0.717) is 29.4 Å². The molecule has 0 aliphatic carbocycles. The van der Waals surface area contributed by atoms with Crippen LogP contribution in [0.5, 0.6) is 0 Å². The molecule has 0 bridgehead atoms. The number of hydrogen-bond donors (Lipinski definition) is 1. The summed E-state index contributed by atoms with van der Waals surface area (Å²) in [7, 11) is -1.42. The first-order valence-corrected chi connectivity index (χ1v) is 9.75. The molecule has 1 amide bonds. The molecule has 1 aliphatic rings. The molecule has 2 heterocycles. The highest BCUT2D eigenvalue weighted by atomic mass is 32.2. The number of nitrogens with zero attached hydrogens (tertiary/aromatic N) is 2. The van der Waals surface area contributed by atoms with E-state index < -0.39 is 17.0 Å². The van der Waals surface area contributed by atoms with Crippen LogP contribution in [0.1, 0.15) is 27.0 Å². The Morgan fingerprint density at radius 3 is 2.48 bits per heavy atom. The molecule has 6 nitrogen and oxygen atoms in total. The van der Waals surface area contributed by atoms with E-state index in [9.17, 15) is 13.8 Å². The summed E-state index contributed by atoms with van der Waals surface area (Å²) in [5.74, 6) is -1.04.